The summed E-state index contributed by atoms with van der Waals surface area (Å²) in [4.78, 5) is 7.18. The van der Waals surface area contributed by atoms with Crippen LogP contribution < -0.4 is 15.0 Å². The Morgan fingerprint density at radius 3 is 2.62 bits per heavy atom. The van der Waals surface area contributed by atoms with Gasteiger partial charge in [0, 0.05) is 24.9 Å². The molecule has 1 aromatic carbocycles. The van der Waals surface area contributed by atoms with Crippen LogP contribution in [-0.2, 0) is 0 Å². The second-order valence-electron chi connectivity index (χ2n) is 8.11. The molecule has 3 atom stereocenters. The Labute approximate surface area is 145 Å². The SMILES string of the molecule is Cc1c(C)c2c3c(c1C)C(C)C(C)N3CC(C)(CC1=NCCN1)O2. The molecule has 24 heavy (non-hydrogen) atoms. The first-order chi connectivity index (χ1) is 11.3. The maximum absolute atomic E-state index is 6.67. The van der Waals surface area contributed by atoms with E-state index in [1.165, 1.54) is 27.9 Å². The van der Waals surface area contributed by atoms with E-state index in [-0.39, 0.29) is 5.60 Å². The van der Waals surface area contributed by atoms with Gasteiger partial charge in [-0.2, -0.15) is 0 Å². The topological polar surface area (TPSA) is 36.9 Å². The standard InChI is InChI=1S/C20H29N3O/c1-11-12(2)17-14(4)15(5)23-10-20(6,9-16-21-7-8-22-16)24-19(13(11)3)18(17)23/h14-15H,7-10H2,1-6H3,(H,21,22). The third-order valence-electron chi connectivity index (χ3n) is 6.44. The average molecular weight is 327 g/mol. The molecule has 3 aliphatic heterocycles. The lowest BCUT2D eigenvalue weighted by Gasteiger charge is -2.44. The van der Waals surface area contributed by atoms with Crippen LogP contribution in [-0.4, -0.2) is 37.1 Å². The fourth-order valence-corrected chi connectivity index (χ4v) is 4.69. The van der Waals surface area contributed by atoms with E-state index in [9.17, 15) is 0 Å². The number of aliphatic imine (C=N–C) groups is 1. The van der Waals surface area contributed by atoms with Crippen LogP contribution in [0.15, 0.2) is 4.99 Å². The molecule has 0 aliphatic carbocycles. The second-order valence-corrected chi connectivity index (χ2v) is 8.11. The largest absolute Gasteiger partial charge is 0.483 e. The van der Waals surface area contributed by atoms with Crippen LogP contribution in [0.3, 0.4) is 0 Å². The minimum atomic E-state index is -0.231. The number of anilines is 1. The van der Waals surface area contributed by atoms with Crippen molar-refractivity contribution in [2.75, 3.05) is 24.5 Å². The molecule has 0 bridgehead atoms. The first-order valence-corrected chi connectivity index (χ1v) is 9.19. The molecule has 0 amide bonds. The summed E-state index contributed by atoms with van der Waals surface area (Å²) >= 11 is 0. The minimum Gasteiger partial charge on any atom is -0.483 e. The number of hydrogen-bond acceptors (Lipinski definition) is 4. The fraction of sp³-hybridized carbons (Fsp3) is 0.650. The third kappa shape index (κ3) is 2.08. The minimum absolute atomic E-state index is 0.231. The highest BCUT2D eigenvalue weighted by Crippen LogP contribution is 2.54. The van der Waals surface area contributed by atoms with Gasteiger partial charge >= 0.3 is 0 Å². The molecule has 1 N–H and O–H groups in total. The quantitative estimate of drug-likeness (QED) is 0.904. The molecule has 4 nitrogen and oxygen atoms in total. The summed E-state index contributed by atoms with van der Waals surface area (Å²) in [5, 5.41) is 3.41. The molecule has 1 aromatic rings. The smallest absolute Gasteiger partial charge is 0.147 e. The maximum Gasteiger partial charge on any atom is 0.147 e. The van der Waals surface area contributed by atoms with Gasteiger partial charge in [-0.1, -0.05) is 6.92 Å². The summed E-state index contributed by atoms with van der Waals surface area (Å²) in [5.41, 5.74) is 6.75. The van der Waals surface area contributed by atoms with Gasteiger partial charge in [0.15, 0.2) is 0 Å². The van der Waals surface area contributed by atoms with Crippen LogP contribution in [0, 0.1) is 20.8 Å². The number of hydrogen-bond donors (Lipinski definition) is 1. The lowest BCUT2D eigenvalue weighted by atomic mass is 9.89. The van der Waals surface area contributed by atoms with Crippen molar-refractivity contribution in [1.29, 1.82) is 0 Å². The van der Waals surface area contributed by atoms with Gasteiger partial charge in [-0.25, -0.2) is 0 Å². The summed E-state index contributed by atoms with van der Waals surface area (Å²) in [6.07, 6.45) is 0.853. The van der Waals surface area contributed by atoms with Crippen molar-refractivity contribution in [2.24, 2.45) is 4.99 Å². The van der Waals surface area contributed by atoms with Gasteiger partial charge in [-0.05, 0) is 56.9 Å². The summed E-state index contributed by atoms with van der Waals surface area (Å²) in [6, 6.07) is 0.514. The molecular formula is C20H29N3O. The van der Waals surface area contributed by atoms with Crippen molar-refractivity contribution in [3.63, 3.8) is 0 Å². The highest BCUT2D eigenvalue weighted by molar-refractivity contribution is 5.85. The van der Waals surface area contributed by atoms with E-state index in [2.05, 4.69) is 56.8 Å². The maximum atomic E-state index is 6.67. The van der Waals surface area contributed by atoms with E-state index in [1.807, 2.05) is 0 Å². The lowest BCUT2D eigenvalue weighted by molar-refractivity contribution is 0.0896. The Balaban J connectivity index is 1.82. The molecule has 0 fully saturated rings. The molecule has 3 unspecified atom stereocenters. The number of nitrogens with zero attached hydrogens (tertiary/aromatic N) is 2. The van der Waals surface area contributed by atoms with Crippen LogP contribution in [0.2, 0.25) is 0 Å². The molecule has 0 saturated heterocycles. The average Bonchev–Trinajstić information content (AvgIpc) is 3.12. The Kier molecular flexibility index (Phi) is 3.38. The molecule has 0 spiro atoms. The van der Waals surface area contributed by atoms with Crippen molar-refractivity contribution >= 4 is 11.5 Å². The predicted molar refractivity (Wildman–Crippen MR) is 99.8 cm³/mol. The van der Waals surface area contributed by atoms with Crippen molar-refractivity contribution in [3.05, 3.63) is 22.3 Å². The highest BCUT2D eigenvalue weighted by atomic mass is 16.5. The van der Waals surface area contributed by atoms with Gasteiger partial charge in [-0.3, -0.25) is 4.99 Å². The summed E-state index contributed by atoms with van der Waals surface area (Å²) < 4.78 is 6.67. The van der Waals surface area contributed by atoms with Crippen molar-refractivity contribution in [3.8, 4) is 5.75 Å². The molecule has 0 aromatic heterocycles. The zero-order chi connectivity index (χ0) is 17.2. The molecular weight excluding hydrogens is 298 g/mol. The number of nitrogens with one attached hydrogen (secondary N) is 1. The van der Waals surface area contributed by atoms with E-state index in [1.54, 1.807) is 0 Å². The van der Waals surface area contributed by atoms with E-state index in [4.69, 9.17) is 4.74 Å². The van der Waals surface area contributed by atoms with Crippen molar-refractivity contribution in [2.45, 2.75) is 65.5 Å². The number of ether oxygens (including phenoxy) is 1. The highest BCUT2D eigenvalue weighted by Gasteiger charge is 2.46. The van der Waals surface area contributed by atoms with Crippen LogP contribution in [0.1, 0.15) is 55.4 Å². The van der Waals surface area contributed by atoms with E-state index in [0.29, 0.717) is 12.0 Å². The molecule has 130 valence electrons. The van der Waals surface area contributed by atoms with Gasteiger partial charge in [0.2, 0.25) is 0 Å². The van der Waals surface area contributed by atoms with Gasteiger partial charge in [-0.15, -0.1) is 0 Å². The van der Waals surface area contributed by atoms with Gasteiger partial charge in [0.05, 0.1) is 18.8 Å². The van der Waals surface area contributed by atoms with Crippen molar-refractivity contribution < 1.29 is 4.74 Å². The molecule has 0 saturated carbocycles. The monoisotopic (exact) mass is 327 g/mol. The zero-order valence-corrected chi connectivity index (χ0v) is 15.8. The molecule has 4 rings (SSSR count). The molecule has 3 heterocycles. The zero-order valence-electron chi connectivity index (χ0n) is 15.8. The number of rotatable bonds is 2. The Bertz CT molecular complexity index is 739. The van der Waals surface area contributed by atoms with Gasteiger partial charge in [0.25, 0.3) is 0 Å². The van der Waals surface area contributed by atoms with Crippen LogP contribution >= 0.6 is 0 Å². The summed E-state index contributed by atoms with van der Waals surface area (Å²) in [7, 11) is 0. The van der Waals surface area contributed by atoms with Gasteiger partial charge < -0.3 is 15.0 Å². The normalized spacial score (nSPS) is 30.8. The Morgan fingerprint density at radius 2 is 1.96 bits per heavy atom. The van der Waals surface area contributed by atoms with Gasteiger partial charge in [0.1, 0.15) is 17.2 Å². The number of amidine groups is 1. The molecule has 4 heteroatoms. The first-order valence-electron chi connectivity index (χ1n) is 9.19. The van der Waals surface area contributed by atoms with Crippen LogP contribution in [0.25, 0.3) is 0 Å². The summed E-state index contributed by atoms with van der Waals surface area (Å²) in [5.74, 6) is 2.75. The number of benzene rings is 1. The fourth-order valence-electron chi connectivity index (χ4n) is 4.69. The third-order valence-corrected chi connectivity index (χ3v) is 6.44. The van der Waals surface area contributed by atoms with Crippen LogP contribution in [0.5, 0.6) is 5.75 Å². The molecule has 3 aliphatic rings. The van der Waals surface area contributed by atoms with Crippen molar-refractivity contribution in [1.82, 2.24) is 5.32 Å². The predicted octanol–water partition coefficient (Wildman–Crippen LogP) is 3.47. The van der Waals surface area contributed by atoms with E-state index in [0.717, 1.165) is 37.6 Å². The first kappa shape index (κ1) is 15.8. The van der Waals surface area contributed by atoms with Crippen LogP contribution in [0.4, 0.5) is 5.69 Å². The summed E-state index contributed by atoms with van der Waals surface area (Å²) in [6.45, 7) is 16.5. The Morgan fingerprint density at radius 1 is 1.21 bits per heavy atom. The Hall–Kier alpha value is -1.71. The van der Waals surface area contributed by atoms with E-state index >= 15 is 0 Å². The lowest BCUT2D eigenvalue weighted by Crippen LogP contribution is -2.52. The molecule has 0 radical (unpaired) electrons. The van der Waals surface area contributed by atoms with E-state index < -0.39 is 0 Å². The second kappa shape index (κ2) is 5.14.